The zero-order valence-corrected chi connectivity index (χ0v) is 22.7. The van der Waals surface area contributed by atoms with Gasteiger partial charge in [-0.2, -0.15) is 0 Å². The summed E-state index contributed by atoms with van der Waals surface area (Å²) in [6.45, 7) is 2.11. The Balaban J connectivity index is 1.06. The lowest BCUT2D eigenvalue weighted by Gasteiger charge is -2.07. The van der Waals surface area contributed by atoms with Crippen molar-refractivity contribution in [3.63, 3.8) is 0 Å². The third-order valence-electron chi connectivity index (χ3n) is 6.25. The fraction of sp³-hybridized carbons (Fsp3) is 0.290. The first kappa shape index (κ1) is 27.0. The molecule has 0 radical (unpaired) electrons. The highest BCUT2D eigenvalue weighted by Gasteiger charge is 1.96. The van der Waals surface area contributed by atoms with Crippen LogP contribution in [-0.2, 0) is 13.1 Å². The molecule has 6 heteroatoms. The number of unbranched alkanes of at least 4 members (excludes halogenated alkanes) is 6. The third kappa shape index (κ3) is 9.71. The molecule has 0 saturated carbocycles. The highest BCUT2D eigenvalue weighted by Crippen LogP contribution is 2.16. The zero-order chi connectivity index (χ0) is 25.7. The van der Waals surface area contributed by atoms with Crippen molar-refractivity contribution in [2.45, 2.75) is 58.0 Å². The molecule has 37 heavy (non-hydrogen) atoms. The summed E-state index contributed by atoms with van der Waals surface area (Å²) in [5.41, 5.74) is 1.83. The summed E-state index contributed by atoms with van der Waals surface area (Å²) in [6.07, 6.45) is 17.4. The Kier molecular flexibility index (Phi) is 10.6. The number of rotatable bonds is 12. The van der Waals surface area contributed by atoms with Gasteiger partial charge in [-0.3, -0.25) is 0 Å². The Morgan fingerprint density at radius 2 is 0.757 bits per heavy atom. The van der Waals surface area contributed by atoms with Crippen LogP contribution in [0.25, 0.3) is 0 Å². The van der Waals surface area contributed by atoms with Gasteiger partial charge in [0.25, 0.3) is 0 Å². The Bertz CT molecular complexity index is 1220. The van der Waals surface area contributed by atoms with Gasteiger partial charge in [0, 0.05) is 47.9 Å². The van der Waals surface area contributed by atoms with Crippen LogP contribution in [0.4, 0.5) is 11.4 Å². The maximum Gasteiger partial charge on any atom is 0.0666 e. The lowest BCUT2D eigenvalue weighted by Crippen LogP contribution is -2.05. The lowest BCUT2D eigenvalue weighted by molar-refractivity contribution is 0.527. The molecule has 0 saturated heterocycles. The maximum atomic E-state index is 5.94. The van der Waals surface area contributed by atoms with E-state index in [-0.39, 0.29) is 0 Å². The molecule has 2 aromatic carbocycles. The molecule has 4 nitrogen and oxygen atoms in total. The first-order valence-corrected chi connectivity index (χ1v) is 13.8. The summed E-state index contributed by atoms with van der Waals surface area (Å²) in [6, 6.07) is 23.4. The van der Waals surface area contributed by atoms with Gasteiger partial charge in [0.05, 0.1) is 22.1 Å². The predicted octanol–water partition coefficient (Wildman–Crippen LogP) is 8.49. The summed E-state index contributed by atoms with van der Waals surface area (Å²) in [5.74, 6) is 0. The monoisotopic (exact) mass is 532 g/mol. The number of hydrogen-bond acceptors (Lipinski definition) is 2. The van der Waals surface area contributed by atoms with Gasteiger partial charge in [-0.05, 0) is 85.6 Å². The van der Waals surface area contributed by atoms with Crippen LogP contribution < -0.4 is 10.7 Å². The third-order valence-corrected chi connectivity index (χ3v) is 6.75. The van der Waals surface area contributed by atoms with Crippen LogP contribution in [0.15, 0.2) is 108 Å². The van der Waals surface area contributed by atoms with E-state index in [1.54, 1.807) is 0 Å². The standard InChI is InChI=1S/C31H34Cl2N4/c32-26-8-12-28(13-9-26)34-30-16-22-36(23-17-30)20-6-4-2-1-3-5-7-21-37-24-18-31(19-25-37)35-29-14-10-27(33)11-15-29/h8-19,22-25H,1-7,20-21H2. The zero-order valence-electron chi connectivity index (χ0n) is 21.1. The van der Waals surface area contributed by atoms with Gasteiger partial charge >= 0.3 is 0 Å². The van der Waals surface area contributed by atoms with Gasteiger partial charge in [-0.1, -0.05) is 55.3 Å². The average Bonchev–Trinajstić information content (AvgIpc) is 2.92. The molecule has 0 aliphatic heterocycles. The number of halogens is 2. The van der Waals surface area contributed by atoms with Crippen molar-refractivity contribution in [1.82, 2.24) is 9.13 Å². The molecular formula is C31H34Cl2N4. The Labute approximate surface area is 229 Å². The van der Waals surface area contributed by atoms with Crippen LogP contribution in [0.2, 0.25) is 10.0 Å². The van der Waals surface area contributed by atoms with E-state index in [4.69, 9.17) is 23.2 Å². The summed E-state index contributed by atoms with van der Waals surface area (Å²) < 4.78 is 4.48. The molecule has 4 aromatic rings. The molecule has 0 bridgehead atoms. The van der Waals surface area contributed by atoms with Gasteiger partial charge in [-0.15, -0.1) is 0 Å². The van der Waals surface area contributed by atoms with Crippen molar-refractivity contribution in [3.8, 4) is 0 Å². The minimum absolute atomic E-state index is 0.730. The number of nitrogens with zero attached hydrogens (tertiary/aromatic N) is 4. The average molecular weight is 534 g/mol. The van der Waals surface area contributed by atoms with Crippen molar-refractivity contribution in [1.29, 1.82) is 0 Å². The molecule has 0 fully saturated rings. The van der Waals surface area contributed by atoms with E-state index in [1.165, 1.54) is 44.9 Å². The Morgan fingerprint density at radius 3 is 1.11 bits per heavy atom. The fourth-order valence-corrected chi connectivity index (χ4v) is 4.40. The predicted molar refractivity (Wildman–Crippen MR) is 155 cm³/mol. The van der Waals surface area contributed by atoms with E-state index in [0.717, 1.165) is 45.2 Å². The maximum absolute atomic E-state index is 5.94. The highest BCUT2D eigenvalue weighted by atomic mass is 35.5. The molecule has 0 spiro atoms. The number of aryl methyl sites for hydroxylation is 2. The lowest BCUT2D eigenvalue weighted by atomic mass is 10.1. The van der Waals surface area contributed by atoms with Crippen LogP contribution >= 0.6 is 23.2 Å². The van der Waals surface area contributed by atoms with Crippen LogP contribution in [0.1, 0.15) is 44.9 Å². The van der Waals surface area contributed by atoms with Gasteiger partial charge in [0.1, 0.15) is 0 Å². The van der Waals surface area contributed by atoms with Gasteiger partial charge in [-0.25, -0.2) is 9.98 Å². The largest absolute Gasteiger partial charge is 0.354 e. The molecule has 0 aliphatic rings. The van der Waals surface area contributed by atoms with Crippen molar-refractivity contribution in [3.05, 3.63) is 118 Å². The first-order chi connectivity index (χ1) is 18.1. The normalized spacial score (nSPS) is 10.9. The van der Waals surface area contributed by atoms with Crippen molar-refractivity contribution >= 4 is 34.6 Å². The number of hydrogen-bond donors (Lipinski definition) is 0. The topological polar surface area (TPSA) is 34.6 Å². The van der Waals surface area contributed by atoms with E-state index >= 15 is 0 Å². The van der Waals surface area contributed by atoms with Crippen LogP contribution in [-0.4, -0.2) is 9.13 Å². The smallest absolute Gasteiger partial charge is 0.0666 e. The molecular weight excluding hydrogens is 499 g/mol. The van der Waals surface area contributed by atoms with Crippen molar-refractivity contribution in [2.75, 3.05) is 0 Å². The summed E-state index contributed by atoms with van der Waals surface area (Å²) in [4.78, 5) is 9.26. The quantitative estimate of drug-likeness (QED) is 0.164. The molecule has 2 heterocycles. The van der Waals surface area contributed by atoms with E-state index in [9.17, 15) is 0 Å². The summed E-state index contributed by atoms with van der Waals surface area (Å²) in [7, 11) is 0. The molecule has 0 N–H and O–H groups in total. The van der Waals surface area contributed by atoms with Gasteiger partial charge in [0.2, 0.25) is 0 Å². The summed E-state index contributed by atoms with van der Waals surface area (Å²) >= 11 is 11.9. The second kappa shape index (κ2) is 14.6. The summed E-state index contributed by atoms with van der Waals surface area (Å²) in [5, 5.41) is 3.38. The SMILES string of the molecule is Clc1ccc(N=c2ccn(CCCCCCCCCn3ccc(=Nc4ccc(Cl)cc4)cc3)cc2)cc1. The van der Waals surface area contributed by atoms with Gasteiger partial charge in [0.15, 0.2) is 0 Å². The number of pyridine rings is 2. The Hall–Kier alpha value is -3.08. The van der Waals surface area contributed by atoms with E-state index in [2.05, 4.69) is 68.2 Å². The van der Waals surface area contributed by atoms with E-state index < -0.39 is 0 Å². The van der Waals surface area contributed by atoms with Crippen LogP contribution in [0.5, 0.6) is 0 Å². The van der Waals surface area contributed by atoms with E-state index in [1.807, 2.05) is 48.5 Å². The van der Waals surface area contributed by atoms with E-state index in [0.29, 0.717) is 0 Å². The molecule has 0 amide bonds. The van der Waals surface area contributed by atoms with Crippen LogP contribution in [0, 0.1) is 0 Å². The van der Waals surface area contributed by atoms with Gasteiger partial charge < -0.3 is 9.13 Å². The molecule has 2 aromatic heterocycles. The minimum Gasteiger partial charge on any atom is -0.354 e. The highest BCUT2D eigenvalue weighted by molar-refractivity contribution is 6.30. The molecule has 0 aliphatic carbocycles. The van der Waals surface area contributed by atoms with Crippen molar-refractivity contribution in [2.24, 2.45) is 9.98 Å². The second-order valence-electron chi connectivity index (χ2n) is 9.24. The molecule has 192 valence electrons. The molecule has 4 rings (SSSR count). The molecule has 0 atom stereocenters. The molecule has 0 unspecified atom stereocenters. The Morgan fingerprint density at radius 1 is 0.432 bits per heavy atom. The second-order valence-corrected chi connectivity index (χ2v) is 10.1. The number of benzene rings is 2. The minimum atomic E-state index is 0.730. The van der Waals surface area contributed by atoms with Crippen molar-refractivity contribution < 1.29 is 0 Å². The fourth-order valence-electron chi connectivity index (χ4n) is 4.15. The number of aromatic nitrogens is 2. The van der Waals surface area contributed by atoms with Crippen LogP contribution in [0.3, 0.4) is 0 Å². The first-order valence-electron chi connectivity index (χ1n) is 13.1.